The third kappa shape index (κ3) is 5.01. The van der Waals surface area contributed by atoms with Crippen LogP contribution in [-0.2, 0) is 24.1 Å². The average molecular weight is 426 g/mol. The number of methoxy groups -OCH3 is 1. The number of carbonyl (C=O) groups is 1. The first kappa shape index (κ1) is 21.0. The van der Waals surface area contributed by atoms with Gasteiger partial charge in [0.25, 0.3) is 0 Å². The summed E-state index contributed by atoms with van der Waals surface area (Å²) in [6.07, 6.45) is -3.05. The fraction of sp³-hybridized carbons (Fsp3) is 0.222. The zero-order chi connectivity index (χ0) is 21.7. The second-order valence-electron chi connectivity index (χ2n) is 5.88. The van der Waals surface area contributed by atoms with Crippen LogP contribution in [0.15, 0.2) is 47.2 Å². The van der Waals surface area contributed by atoms with Crippen LogP contribution in [0.1, 0.15) is 17.0 Å². The Kier molecular flexibility index (Phi) is 6.14. The number of rotatable bonds is 6. The van der Waals surface area contributed by atoms with E-state index in [1.807, 2.05) is 0 Å². The van der Waals surface area contributed by atoms with Crippen LogP contribution in [0.3, 0.4) is 0 Å². The van der Waals surface area contributed by atoms with Crippen LogP contribution in [-0.4, -0.2) is 33.4 Å². The Hall–Kier alpha value is -3.70. The molecule has 0 aliphatic rings. The van der Waals surface area contributed by atoms with Gasteiger partial charge < -0.3 is 14.0 Å². The average Bonchev–Trinajstić information content (AvgIpc) is 3.23. The molecule has 12 heteroatoms. The zero-order valence-corrected chi connectivity index (χ0v) is 15.4. The SMILES string of the molecule is COc1ccncc1COC(=O)N(F)Cc1ccc(-c2noc(C(F)(F)F)n2)cc1. The zero-order valence-electron chi connectivity index (χ0n) is 15.4. The van der Waals surface area contributed by atoms with E-state index in [0.717, 1.165) is 0 Å². The third-order valence-electron chi connectivity index (χ3n) is 3.83. The molecule has 1 amide bonds. The molecule has 3 aromatic rings. The van der Waals surface area contributed by atoms with E-state index in [1.54, 1.807) is 6.07 Å². The summed E-state index contributed by atoms with van der Waals surface area (Å²) in [6.45, 7) is -0.683. The number of carbonyl (C=O) groups excluding carboxylic acids is 1. The van der Waals surface area contributed by atoms with Crippen molar-refractivity contribution in [3.05, 3.63) is 59.7 Å². The summed E-state index contributed by atoms with van der Waals surface area (Å²) in [5.41, 5.74) is 1.05. The number of halogens is 4. The summed E-state index contributed by atoms with van der Waals surface area (Å²) in [7, 11) is 1.43. The van der Waals surface area contributed by atoms with E-state index in [-0.39, 0.29) is 23.1 Å². The van der Waals surface area contributed by atoms with Crippen LogP contribution >= 0.6 is 0 Å². The summed E-state index contributed by atoms with van der Waals surface area (Å²) < 4.78 is 65.8. The van der Waals surface area contributed by atoms with Crippen molar-refractivity contribution in [2.75, 3.05) is 7.11 Å². The first-order valence-corrected chi connectivity index (χ1v) is 8.35. The van der Waals surface area contributed by atoms with Crippen LogP contribution in [0.25, 0.3) is 11.4 Å². The molecule has 30 heavy (non-hydrogen) atoms. The quantitative estimate of drug-likeness (QED) is 0.431. The summed E-state index contributed by atoms with van der Waals surface area (Å²) in [6, 6.07) is 7.13. The first-order valence-electron chi connectivity index (χ1n) is 8.35. The highest BCUT2D eigenvalue weighted by atomic mass is 19.4. The van der Waals surface area contributed by atoms with Gasteiger partial charge in [0.15, 0.2) is 0 Å². The van der Waals surface area contributed by atoms with Gasteiger partial charge in [0.05, 0.1) is 13.7 Å². The minimum Gasteiger partial charge on any atom is -0.496 e. The molecule has 2 heterocycles. The molecule has 8 nitrogen and oxygen atoms in total. The number of pyridine rings is 1. The highest BCUT2D eigenvalue weighted by Crippen LogP contribution is 2.29. The van der Waals surface area contributed by atoms with Crippen molar-refractivity contribution in [3.63, 3.8) is 0 Å². The molecule has 3 rings (SSSR count). The number of alkyl halides is 3. The lowest BCUT2D eigenvalue weighted by molar-refractivity contribution is -0.159. The van der Waals surface area contributed by atoms with Crippen molar-refractivity contribution >= 4 is 6.09 Å². The highest BCUT2D eigenvalue weighted by molar-refractivity contribution is 5.66. The number of benzene rings is 1. The fourth-order valence-corrected chi connectivity index (χ4v) is 2.37. The van der Waals surface area contributed by atoms with Crippen LogP contribution in [0.4, 0.5) is 22.4 Å². The molecule has 158 valence electrons. The maximum absolute atomic E-state index is 14.1. The molecule has 2 aromatic heterocycles. The van der Waals surface area contributed by atoms with Crippen molar-refractivity contribution in [1.29, 1.82) is 0 Å². The van der Waals surface area contributed by atoms with Crippen LogP contribution in [0.2, 0.25) is 0 Å². The molecule has 0 aliphatic heterocycles. The van der Waals surface area contributed by atoms with Crippen molar-refractivity contribution in [1.82, 2.24) is 20.2 Å². The lowest BCUT2D eigenvalue weighted by atomic mass is 10.1. The Morgan fingerprint density at radius 1 is 1.20 bits per heavy atom. The molecule has 0 N–H and O–H groups in total. The van der Waals surface area contributed by atoms with E-state index >= 15 is 0 Å². The van der Waals surface area contributed by atoms with Gasteiger partial charge >= 0.3 is 18.2 Å². The lowest BCUT2D eigenvalue weighted by Crippen LogP contribution is -2.23. The molecule has 0 saturated carbocycles. The summed E-state index contributed by atoms with van der Waals surface area (Å²) in [5.74, 6) is -1.30. The van der Waals surface area contributed by atoms with Crippen molar-refractivity contribution in [2.45, 2.75) is 19.3 Å². The molecular formula is C18H14F4N4O4. The molecule has 0 radical (unpaired) electrons. The monoisotopic (exact) mass is 426 g/mol. The van der Waals surface area contributed by atoms with Crippen molar-refractivity contribution in [2.24, 2.45) is 0 Å². The Labute approximate surface area is 167 Å². The largest absolute Gasteiger partial charge is 0.496 e. The number of hydrogen-bond donors (Lipinski definition) is 0. The smallest absolute Gasteiger partial charge is 0.471 e. The lowest BCUT2D eigenvalue weighted by Gasteiger charge is -2.13. The minimum absolute atomic E-state index is 0.145. The van der Waals surface area contributed by atoms with Crippen LogP contribution in [0.5, 0.6) is 5.75 Å². The maximum atomic E-state index is 14.1. The Morgan fingerprint density at radius 3 is 2.57 bits per heavy atom. The number of amides is 1. The van der Waals surface area contributed by atoms with Gasteiger partial charge in [-0.15, -0.1) is 5.12 Å². The summed E-state index contributed by atoms with van der Waals surface area (Å²) >= 11 is 0. The van der Waals surface area contributed by atoms with Gasteiger partial charge in [-0.05, 0) is 11.6 Å². The first-order chi connectivity index (χ1) is 14.3. The van der Waals surface area contributed by atoms with Gasteiger partial charge in [0.1, 0.15) is 12.4 Å². The topological polar surface area (TPSA) is 90.6 Å². The van der Waals surface area contributed by atoms with Gasteiger partial charge in [-0.3, -0.25) is 4.98 Å². The van der Waals surface area contributed by atoms with E-state index in [9.17, 15) is 22.4 Å². The molecule has 1 aromatic carbocycles. The van der Waals surface area contributed by atoms with Crippen LogP contribution in [0, 0.1) is 0 Å². The van der Waals surface area contributed by atoms with E-state index in [4.69, 9.17) is 9.47 Å². The molecular weight excluding hydrogens is 412 g/mol. The summed E-state index contributed by atoms with van der Waals surface area (Å²) in [4.78, 5) is 19.0. The van der Waals surface area contributed by atoms with Gasteiger partial charge in [0, 0.05) is 23.5 Å². The Bertz CT molecular complexity index is 1010. The third-order valence-corrected chi connectivity index (χ3v) is 3.83. The second kappa shape index (κ2) is 8.76. The van der Waals surface area contributed by atoms with E-state index in [0.29, 0.717) is 16.9 Å². The molecule has 0 aliphatic carbocycles. The normalized spacial score (nSPS) is 11.2. The van der Waals surface area contributed by atoms with Crippen molar-refractivity contribution in [3.8, 4) is 17.1 Å². The molecule has 0 bridgehead atoms. The summed E-state index contributed by atoms with van der Waals surface area (Å²) in [5, 5.41) is 3.11. The predicted molar refractivity (Wildman–Crippen MR) is 92.4 cm³/mol. The van der Waals surface area contributed by atoms with E-state index in [2.05, 4.69) is 19.6 Å². The fourth-order valence-electron chi connectivity index (χ4n) is 2.37. The van der Waals surface area contributed by atoms with Gasteiger partial charge in [-0.1, -0.05) is 33.9 Å². The van der Waals surface area contributed by atoms with Gasteiger partial charge in [-0.2, -0.15) is 18.2 Å². The number of aromatic nitrogens is 3. The van der Waals surface area contributed by atoms with Crippen molar-refractivity contribution < 1.29 is 36.4 Å². The Morgan fingerprint density at radius 2 is 1.93 bits per heavy atom. The number of ether oxygens (including phenoxy) is 2. The maximum Gasteiger partial charge on any atom is 0.471 e. The van der Waals surface area contributed by atoms with Gasteiger partial charge in [-0.25, -0.2) is 4.79 Å². The molecule has 0 fully saturated rings. The minimum atomic E-state index is -4.75. The second-order valence-corrected chi connectivity index (χ2v) is 5.88. The molecule has 0 spiro atoms. The van der Waals surface area contributed by atoms with E-state index in [1.165, 1.54) is 43.8 Å². The molecule has 0 saturated heterocycles. The molecule has 0 unspecified atom stereocenters. The Balaban J connectivity index is 1.58. The standard InChI is InChI=1S/C18H14F4N4O4/c1-28-14-6-7-23-8-13(14)10-29-17(27)26(22)9-11-2-4-12(5-3-11)15-24-16(30-25-15)18(19,20)21/h2-8H,9-10H2,1H3. The predicted octanol–water partition coefficient (Wildman–Crippen LogP) is 4.18. The number of nitrogens with zero attached hydrogens (tertiary/aromatic N) is 4. The molecule has 0 atom stereocenters. The van der Waals surface area contributed by atoms with E-state index < -0.39 is 24.7 Å². The number of hydrogen-bond acceptors (Lipinski definition) is 7. The van der Waals surface area contributed by atoms with Gasteiger partial charge in [0.2, 0.25) is 5.82 Å². The van der Waals surface area contributed by atoms with Crippen LogP contribution < -0.4 is 4.74 Å². The highest BCUT2D eigenvalue weighted by Gasteiger charge is 2.38.